The van der Waals surface area contributed by atoms with Crippen molar-refractivity contribution in [3.8, 4) is 11.5 Å². The maximum Gasteiger partial charge on any atom is 0.173 e. The molecule has 4 aromatic rings. The number of thiocarbonyl (C=S) groups is 1. The monoisotopic (exact) mass is 636 g/mol. The van der Waals surface area contributed by atoms with Crippen molar-refractivity contribution in [2.75, 3.05) is 96.1 Å². The number of aromatic amines is 1. The number of H-pyrrole nitrogens is 1. The topological polar surface area (TPSA) is 102 Å². The predicted octanol–water partition coefficient (Wildman–Crippen LogP) is 3.39. The van der Waals surface area contributed by atoms with Crippen molar-refractivity contribution in [2.24, 2.45) is 0 Å². The minimum Gasteiger partial charge on any atom is -0.493 e. The highest BCUT2D eigenvalue weighted by atomic mass is 32.2. The Morgan fingerprint density at radius 2 is 1.77 bits per heavy atom. The molecule has 2 aliphatic rings. The van der Waals surface area contributed by atoms with Crippen LogP contribution in [0.3, 0.4) is 0 Å². The van der Waals surface area contributed by atoms with Gasteiger partial charge >= 0.3 is 0 Å². The van der Waals surface area contributed by atoms with E-state index in [1.165, 1.54) is 0 Å². The number of nitrogens with one attached hydrogen (secondary N) is 2. The number of anilines is 2. The molecule has 2 aromatic heterocycles. The van der Waals surface area contributed by atoms with Gasteiger partial charge in [0.2, 0.25) is 0 Å². The molecule has 4 heterocycles. The summed E-state index contributed by atoms with van der Waals surface area (Å²) in [6.45, 7) is 9.17. The van der Waals surface area contributed by atoms with Gasteiger partial charge in [0.1, 0.15) is 17.8 Å². The molecule has 0 bridgehead atoms. The highest BCUT2D eigenvalue weighted by Gasteiger charge is 2.24. The lowest BCUT2D eigenvalue weighted by atomic mass is 10.1. The van der Waals surface area contributed by atoms with Crippen LogP contribution in [-0.2, 0) is 10.8 Å². The molecule has 2 N–H and O–H groups in total. The van der Waals surface area contributed by atoms with Crippen LogP contribution in [0.1, 0.15) is 6.42 Å². The molecule has 1 atom stereocenters. The Morgan fingerprint density at radius 1 is 1.02 bits per heavy atom. The number of rotatable bonds is 9. The molecule has 2 fully saturated rings. The fraction of sp³-hybridized carbons (Fsp3) is 0.452. The molecule has 6 rings (SSSR count). The van der Waals surface area contributed by atoms with Crippen LogP contribution >= 0.6 is 12.2 Å². The van der Waals surface area contributed by atoms with Crippen LogP contribution in [0.25, 0.3) is 21.9 Å². The Balaban J connectivity index is 1.12. The van der Waals surface area contributed by atoms with Gasteiger partial charge in [-0.05, 0) is 56.0 Å². The van der Waals surface area contributed by atoms with Crippen LogP contribution in [0.5, 0.6) is 11.5 Å². The lowest BCUT2D eigenvalue weighted by Gasteiger charge is -2.37. The van der Waals surface area contributed by atoms with E-state index in [2.05, 4.69) is 41.9 Å². The van der Waals surface area contributed by atoms with Gasteiger partial charge in [-0.1, -0.05) is 0 Å². The first kappa shape index (κ1) is 30.5. The third kappa shape index (κ3) is 6.75. The standard InChI is InChI=1S/C31H40N8O3S2/c1-36-10-12-37(13-11-36)9-4-18-42-27-20-25-24(19-26(27)41-2)28-29(35-25)32-21-33-30(28)38-14-16-39(17-15-38)31(43)34-22-5-7-23(8-6-22)44(3)40/h5-8,19-21H,4,9-18H2,1-3H3,(H,34,43)(H,32,33,35). The van der Waals surface area contributed by atoms with E-state index in [9.17, 15) is 4.21 Å². The molecule has 0 saturated carbocycles. The van der Waals surface area contributed by atoms with Crippen molar-refractivity contribution in [3.05, 3.63) is 42.7 Å². The summed E-state index contributed by atoms with van der Waals surface area (Å²) in [7, 11) is 2.85. The first-order valence-corrected chi connectivity index (χ1v) is 17.0. The average Bonchev–Trinajstić information content (AvgIpc) is 3.41. The van der Waals surface area contributed by atoms with Crippen molar-refractivity contribution in [3.63, 3.8) is 0 Å². The van der Waals surface area contributed by atoms with Gasteiger partial charge in [0.05, 0.1) is 24.6 Å². The van der Waals surface area contributed by atoms with Gasteiger partial charge in [0.15, 0.2) is 16.6 Å². The second-order valence-corrected chi connectivity index (χ2v) is 13.1. The van der Waals surface area contributed by atoms with E-state index < -0.39 is 10.8 Å². The summed E-state index contributed by atoms with van der Waals surface area (Å²) in [4.78, 5) is 22.9. The lowest BCUT2D eigenvalue weighted by molar-refractivity contribution is 0.145. The van der Waals surface area contributed by atoms with E-state index >= 15 is 0 Å². The predicted molar refractivity (Wildman–Crippen MR) is 181 cm³/mol. The van der Waals surface area contributed by atoms with Gasteiger partial charge in [-0.25, -0.2) is 9.97 Å². The number of aromatic nitrogens is 3. The zero-order valence-electron chi connectivity index (χ0n) is 25.5. The summed E-state index contributed by atoms with van der Waals surface area (Å²) >= 11 is 5.71. The summed E-state index contributed by atoms with van der Waals surface area (Å²) in [6, 6.07) is 11.6. The van der Waals surface area contributed by atoms with E-state index in [0.717, 1.165) is 109 Å². The molecule has 0 radical (unpaired) electrons. The van der Waals surface area contributed by atoms with E-state index in [4.69, 9.17) is 26.7 Å². The van der Waals surface area contributed by atoms with Gasteiger partial charge in [-0.3, -0.25) is 4.21 Å². The molecule has 44 heavy (non-hydrogen) atoms. The maximum absolute atomic E-state index is 11.7. The Kier molecular flexibility index (Phi) is 9.45. The second-order valence-electron chi connectivity index (χ2n) is 11.3. The van der Waals surface area contributed by atoms with Crippen LogP contribution in [0.2, 0.25) is 0 Å². The molecule has 13 heteroatoms. The number of likely N-dealkylation sites (N-methyl/N-ethyl adjacent to an activating group) is 1. The molecule has 234 valence electrons. The van der Waals surface area contributed by atoms with E-state index in [0.29, 0.717) is 17.5 Å². The number of methoxy groups -OCH3 is 1. The number of hydrogen-bond donors (Lipinski definition) is 2. The Labute approximate surface area is 266 Å². The van der Waals surface area contributed by atoms with Crippen LogP contribution < -0.4 is 19.7 Å². The van der Waals surface area contributed by atoms with Gasteiger partial charge in [-0.15, -0.1) is 0 Å². The van der Waals surface area contributed by atoms with Crippen molar-refractivity contribution < 1.29 is 13.7 Å². The molecular formula is C31H40N8O3S2. The molecule has 2 aliphatic heterocycles. The zero-order valence-corrected chi connectivity index (χ0v) is 27.2. The van der Waals surface area contributed by atoms with E-state index in [-0.39, 0.29) is 0 Å². The number of fused-ring (bicyclic) bond motifs is 3. The molecule has 2 saturated heterocycles. The maximum atomic E-state index is 11.7. The third-order valence-corrected chi connectivity index (χ3v) is 9.73. The van der Waals surface area contributed by atoms with Gasteiger partial charge in [0, 0.05) is 98.0 Å². The number of piperazine rings is 2. The molecule has 0 amide bonds. The van der Waals surface area contributed by atoms with Crippen molar-refractivity contribution >= 4 is 61.6 Å². The highest BCUT2D eigenvalue weighted by Crippen LogP contribution is 2.38. The Morgan fingerprint density at radius 3 is 2.48 bits per heavy atom. The fourth-order valence-corrected chi connectivity index (χ4v) is 6.64. The van der Waals surface area contributed by atoms with Gasteiger partial charge < -0.3 is 39.4 Å². The van der Waals surface area contributed by atoms with Crippen molar-refractivity contribution in [2.45, 2.75) is 11.3 Å². The summed E-state index contributed by atoms with van der Waals surface area (Å²) < 4.78 is 23.7. The molecule has 0 spiro atoms. The smallest absolute Gasteiger partial charge is 0.173 e. The minimum absolute atomic E-state index is 0.630. The lowest BCUT2D eigenvalue weighted by Crippen LogP contribution is -2.50. The second kappa shape index (κ2) is 13.6. The summed E-state index contributed by atoms with van der Waals surface area (Å²) in [5.74, 6) is 2.32. The molecular weight excluding hydrogens is 597 g/mol. The first-order valence-electron chi connectivity index (χ1n) is 15.0. The molecule has 0 aliphatic carbocycles. The molecule has 1 unspecified atom stereocenters. The number of ether oxygens (including phenoxy) is 2. The average molecular weight is 637 g/mol. The number of nitrogens with zero attached hydrogens (tertiary/aromatic N) is 6. The number of benzene rings is 2. The largest absolute Gasteiger partial charge is 0.493 e. The zero-order chi connectivity index (χ0) is 30.6. The number of hydrogen-bond acceptors (Lipinski definition) is 9. The van der Waals surface area contributed by atoms with E-state index in [1.807, 2.05) is 36.4 Å². The molecule has 11 nitrogen and oxygen atoms in total. The minimum atomic E-state index is -1.00. The van der Waals surface area contributed by atoms with Crippen LogP contribution in [-0.4, -0.2) is 125 Å². The Bertz CT molecular complexity index is 1630. The van der Waals surface area contributed by atoms with Crippen molar-refractivity contribution in [1.82, 2.24) is 29.7 Å². The van der Waals surface area contributed by atoms with Crippen LogP contribution in [0.4, 0.5) is 11.5 Å². The normalized spacial score (nSPS) is 17.2. The summed E-state index contributed by atoms with van der Waals surface area (Å²) in [6.07, 6.45) is 4.26. The first-order chi connectivity index (χ1) is 21.4. The van der Waals surface area contributed by atoms with Crippen LogP contribution in [0.15, 0.2) is 47.6 Å². The van der Waals surface area contributed by atoms with Gasteiger partial charge in [-0.2, -0.15) is 0 Å². The quantitative estimate of drug-likeness (QED) is 0.209. The van der Waals surface area contributed by atoms with Crippen molar-refractivity contribution in [1.29, 1.82) is 0 Å². The summed E-state index contributed by atoms with van der Waals surface area (Å²) in [5.41, 5.74) is 2.61. The third-order valence-electron chi connectivity index (χ3n) is 8.43. The van der Waals surface area contributed by atoms with E-state index in [1.54, 1.807) is 19.7 Å². The molecule has 2 aromatic carbocycles. The fourth-order valence-electron chi connectivity index (χ4n) is 5.82. The van der Waals surface area contributed by atoms with Gasteiger partial charge in [0.25, 0.3) is 0 Å². The summed E-state index contributed by atoms with van der Waals surface area (Å²) in [5, 5.41) is 5.98. The van der Waals surface area contributed by atoms with Crippen LogP contribution in [0, 0.1) is 0 Å². The highest BCUT2D eigenvalue weighted by molar-refractivity contribution is 7.84. The SMILES string of the molecule is COc1cc2c(cc1OCCCN1CCN(C)CC1)[nH]c1ncnc(N3CCN(C(=S)Nc4ccc(S(C)=O)cc4)CC3)c12. The Hall–Kier alpha value is -3.52.